The summed E-state index contributed by atoms with van der Waals surface area (Å²) in [7, 11) is 2.70. The predicted octanol–water partition coefficient (Wildman–Crippen LogP) is 3.13. The SMILES string of the molecule is CCOc1ncccc1C(C)c1ccc(P)cc1. The molecule has 0 amide bonds. The van der Waals surface area contributed by atoms with Crippen molar-refractivity contribution in [3.05, 3.63) is 53.7 Å². The first-order valence-electron chi connectivity index (χ1n) is 6.15. The van der Waals surface area contributed by atoms with Crippen LogP contribution in [0.2, 0.25) is 0 Å². The predicted molar refractivity (Wildman–Crippen MR) is 78.7 cm³/mol. The number of hydrogen-bond acceptors (Lipinski definition) is 2. The van der Waals surface area contributed by atoms with Gasteiger partial charge in [0, 0.05) is 17.7 Å². The van der Waals surface area contributed by atoms with Gasteiger partial charge in [0.2, 0.25) is 5.88 Å². The van der Waals surface area contributed by atoms with Crippen molar-refractivity contribution in [2.75, 3.05) is 6.61 Å². The summed E-state index contributed by atoms with van der Waals surface area (Å²) in [5.74, 6) is 1.02. The lowest BCUT2D eigenvalue weighted by molar-refractivity contribution is 0.322. The van der Waals surface area contributed by atoms with E-state index in [0.717, 1.165) is 11.4 Å². The molecule has 2 nitrogen and oxygen atoms in total. The second-order valence-electron chi connectivity index (χ2n) is 4.22. The van der Waals surface area contributed by atoms with E-state index < -0.39 is 0 Å². The topological polar surface area (TPSA) is 22.1 Å². The second kappa shape index (κ2) is 5.97. The number of ether oxygens (including phenoxy) is 1. The minimum Gasteiger partial charge on any atom is -0.478 e. The fourth-order valence-corrected chi connectivity index (χ4v) is 2.15. The highest BCUT2D eigenvalue weighted by molar-refractivity contribution is 7.27. The van der Waals surface area contributed by atoms with Gasteiger partial charge in [-0.1, -0.05) is 37.3 Å². The van der Waals surface area contributed by atoms with Crippen LogP contribution in [0, 0.1) is 0 Å². The van der Waals surface area contributed by atoms with E-state index in [-0.39, 0.29) is 5.92 Å². The van der Waals surface area contributed by atoms with Crippen LogP contribution < -0.4 is 10.0 Å². The number of rotatable bonds is 4. The summed E-state index contributed by atoms with van der Waals surface area (Å²) in [6.45, 7) is 4.80. The summed E-state index contributed by atoms with van der Waals surface area (Å²) in [5, 5.41) is 1.20. The molecule has 18 heavy (non-hydrogen) atoms. The summed E-state index contributed by atoms with van der Waals surface area (Å²) in [5.41, 5.74) is 2.41. The van der Waals surface area contributed by atoms with Gasteiger partial charge in [-0.2, -0.15) is 0 Å². The molecule has 2 rings (SSSR count). The Labute approximate surface area is 111 Å². The van der Waals surface area contributed by atoms with Crippen LogP contribution >= 0.6 is 9.24 Å². The van der Waals surface area contributed by atoms with E-state index in [1.165, 1.54) is 10.9 Å². The Hall–Kier alpha value is -1.40. The Morgan fingerprint density at radius 3 is 2.61 bits per heavy atom. The van der Waals surface area contributed by atoms with Crippen LogP contribution in [0.4, 0.5) is 0 Å². The molecule has 94 valence electrons. The fourth-order valence-electron chi connectivity index (χ4n) is 1.95. The fraction of sp³-hybridized carbons (Fsp3) is 0.267. The Kier molecular flexibility index (Phi) is 4.33. The quantitative estimate of drug-likeness (QED) is 0.787. The molecule has 2 aromatic rings. The van der Waals surface area contributed by atoms with Gasteiger partial charge in [-0.25, -0.2) is 4.98 Å². The molecule has 0 fully saturated rings. The van der Waals surface area contributed by atoms with E-state index in [4.69, 9.17) is 4.74 Å². The summed E-state index contributed by atoms with van der Waals surface area (Å²) >= 11 is 0. The molecule has 2 unspecified atom stereocenters. The number of aromatic nitrogens is 1. The summed E-state index contributed by atoms with van der Waals surface area (Å²) in [6.07, 6.45) is 1.77. The van der Waals surface area contributed by atoms with E-state index in [9.17, 15) is 0 Å². The van der Waals surface area contributed by atoms with Gasteiger partial charge < -0.3 is 4.74 Å². The number of pyridine rings is 1. The third-order valence-corrected chi connectivity index (χ3v) is 3.37. The molecular formula is C15H18NOP. The minimum atomic E-state index is 0.283. The molecule has 0 bridgehead atoms. The van der Waals surface area contributed by atoms with E-state index in [1.54, 1.807) is 6.20 Å². The first-order valence-corrected chi connectivity index (χ1v) is 6.73. The first kappa shape index (κ1) is 13.0. The minimum absolute atomic E-state index is 0.283. The van der Waals surface area contributed by atoms with Gasteiger partial charge in [0.25, 0.3) is 0 Å². The largest absolute Gasteiger partial charge is 0.478 e. The van der Waals surface area contributed by atoms with Crippen LogP contribution in [0.1, 0.15) is 30.9 Å². The molecule has 0 N–H and O–H groups in total. The maximum absolute atomic E-state index is 5.59. The van der Waals surface area contributed by atoms with E-state index in [0.29, 0.717) is 6.61 Å². The monoisotopic (exact) mass is 259 g/mol. The Bertz CT molecular complexity index is 510. The van der Waals surface area contributed by atoms with Crippen molar-refractivity contribution in [1.82, 2.24) is 4.98 Å². The standard InChI is InChI=1S/C15H18NOP/c1-3-17-15-14(5-4-10-16-15)11(2)12-6-8-13(18)9-7-12/h4-11H,3,18H2,1-2H3. The van der Waals surface area contributed by atoms with Gasteiger partial charge in [-0.3, -0.25) is 0 Å². The maximum Gasteiger partial charge on any atom is 0.217 e. The molecule has 0 aliphatic carbocycles. The summed E-state index contributed by atoms with van der Waals surface area (Å²) < 4.78 is 5.59. The Morgan fingerprint density at radius 1 is 1.22 bits per heavy atom. The zero-order valence-corrected chi connectivity index (χ0v) is 11.9. The van der Waals surface area contributed by atoms with Gasteiger partial charge in [0.15, 0.2) is 0 Å². The zero-order valence-electron chi connectivity index (χ0n) is 10.8. The smallest absolute Gasteiger partial charge is 0.217 e. The van der Waals surface area contributed by atoms with E-state index in [2.05, 4.69) is 51.5 Å². The molecule has 1 aromatic heterocycles. The van der Waals surface area contributed by atoms with Crippen molar-refractivity contribution >= 4 is 14.5 Å². The molecule has 0 aliphatic rings. The lowest BCUT2D eigenvalue weighted by Gasteiger charge is -2.16. The average molecular weight is 259 g/mol. The Balaban J connectivity index is 2.33. The summed E-state index contributed by atoms with van der Waals surface area (Å²) in [4.78, 5) is 4.31. The van der Waals surface area contributed by atoms with E-state index in [1.807, 2.05) is 13.0 Å². The van der Waals surface area contributed by atoms with Crippen LogP contribution in [-0.2, 0) is 0 Å². The molecule has 0 spiro atoms. The third-order valence-electron chi connectivity index (χ3n) is 2.98. The molecule has 0 radical (unpaired) electrons. The van der Waals surface area contributed by atoms with Gasteiger partial charge >= 0.3 is 0 Å². The lowest BCUT2D eigenvalue weighted by atomic mass is 9.94. The highest BCUT2D eigenvalue weighted by Crippen LogP contribution is 2.29. The van der Waals surface area contributed by atoms with Crippen molar-refractivity contribution in [2.24, 2.45) is 0 Å². The number of hydrogen-bond donors (Lipinski definition) is 0. The molecule has 0 saturated heterocycles. The molecule has 2 atom stereocenters. The van der Waals surface area contributed by atoms with Crippen molar-refractivity contribution in [1.29, 1.82) is 0 Å². The normalized spacial score (nSPS) is 12.2. The molecule has 0 saturated carbocycles. The van der Waals surface area contributed by atoms with Crippen molar-refractivity contribution in [2.45, 2.75) is 19.8 Å². The second-order valence-corrected chi connectivity index (χ2v) is 4.89. The molecule has 0 aliphatic heterocycles. The van der Waals surface area contributed by atoms with Crippen LogP contribution in [0.25, 0.3) is 0 Å². The highest BCUT2D eigenvalue weighted by Gasteiger charge is 2.14. The van der Waals surface area contributed by atoms with Crippen molar-refractivity contribution in [3.8, 4) is 5.88 Å². The van der Waals surface area contributed by atoms with Gasteiger partial charge in [0.1, 0.15) is 0 Å². The third kappa shape index (κ3) is 2.88. The Morgan fingerprint density at radius 2 is 1.94 bits per heavy atom. The maximum atomic E-state index is 5.59. The molecule has 1 aromatic carbocycles. The van der Waals surface area contributed by atoms with Gasteiger partial charge in [-0.15, -0.1) is 9.24 Å². The molecule has 3 heteroatoms. The zero-order chi connectivity index (χ0) is 13.0. The van der Waals surface area contributed by atoms with Crippen molar-refractivity contribution in [3.63, 3.8) is 0 Å². The van der Waals surface area contributed by atoms with E-state index >= 15 is 0 Å². The van der Waals surface area contributed by atoms with Crippen molar-refractivity contribution < 1.29 is 4.74 Å². The van der Waals surface area contributed by atoms with Gasteiger partial charge in [-0.05, 0) is 23.9 Å². The summed E-state index contributed by atoms with van der Waals surface area (Å²) in [6, 6.07) is 12.5. The van der Waals surface area contributed by atoms with Gasteiger partial charge in [0.05, 0.1) is 6.61 Å². The molecule has 1 heterocycles. The average Bonchev–Trinajstić information content (AvgIpc) is 2.40. The number of nitrogens with zero attached hydrogens (tertiary/aromatic N) is 1. The molecular weight excluding hydrogens is 241 g/mol. The van der Waals surface area contributed by atoms with Crippen LogP contribution in [0.3, 0.4) is 0 Å². The van der Waals surface area contributed by atoms with Crippen LogP contribution in [0.15, 0.2) is 42.6 Å². The highest BCUT2D eigenvalue weighted by atomic mass is 31.0. The number of benzene rings is 1. The van der Waals surface area contributed by atoms with Crippen LogP contribution in [0.5, 0.6) is 5.88 Å². The van der Waals surface area contributed by atoms with Crippen LogP contribution in [-0.4, -0.2) is 11.6 Å². The lowest BCUT2D eigenvalue weighted by Crippen LogP contribution is -2.04. The first-order chi connectivity index (χ1) is 8.72.